The van der Waals surface area contributed by atoms with Gasteiger partial charge in [-0.2, -0.15) is 0 Å². The fourth-order valence-electron chi connectivity index (χ4n) is 1.73. The van der Waals surface area contributed by atoms with Gasteiger partial charge in [0.15, 0.2) is 4.34 Å². The minimum Gasteiger partial charge on any atom is -0.352 e. The maximum absolute atomic E-state index is 13.0. The molecule has 104 valence electrons. The maximum atomic E-state index is 13.0. The first-order valence-electron chi connectivity index (χ1n) is 6.21. The zero-order chi connectivity index (χ0) is 13.9. The lowest BCUT2D eigenvalue weighted by Gasteiger charge is -2.15. The van der Waals surface area contributed by atoms with Crippen LogP contribution in [-0.2, 0) is 4.79 Å². The molecule has 1 atom stereocenters. The number of rotatable bonds is 5. The van der Waals surface area contributed by atoms with Crippen molar-refractivity contribution in [3.05, 3.63) is 41.2 Å². The highest BCUT2D eigenvalue weighted by atomic mass is 32.2. The predicted molar refractivity (Wildman–Crippen MR) is 76.1 cm³/mol. The number of aromatic nitrogens is 2. The summed E-state index contributed by atoms with van der Waals surface area (Å²) < 4.78 is 13.7. The van der Waals surface area contributed by atoms with Crippen molar-refractivity contribution in [3.63, 3.8) is 0 Å². The number of hydrogen-bond acceptors (Lipinski definition) is 5. The van der Waals surface area contributed by atoms with Crippen LogP contribution in [-0.4, -0.2) is 22.1 Å². The molecule has 2 aromatic rings. The van der Waals surface area contributed by atoms with E-state index in [9.17, 15) is 9.18 Å². The number of halogens is 1. The maximum Gasteiger partial charge on any atom is 0.238 e. The SMILES string of the molecule is O=C(NC1CC1)[C@@H](Sc1nncs1)c1ccc(F)cc1. The summed E-state index contributed by atoms with van der Waals surface area (Å²) in [5, 5.41) is 10.3. The summed E-state index contributed by atoms with van der Waals surface area (Å²) in [6.07, 6.45) is 2.07. The van der Waals surface area contributed by atoms with Crippen LogP contribution < -0.4 is 5.32 Å². The van der Waals surface area contributed by atoms with Crippen molar-refractivity contribution in [2.75, 3.05) is 0 Å². The first-order chi connectivity index (χ1) is 9.72. The molecule has 1 aliphatic carbocycles. The molecule has 0 bridgehead atoms. The van der Waals surface area contributed by atoms with Gasteiger partial charge in [-0.15, -0.1) is 10.2 Å². The molecule has 1 saturated carbocycles. The number of nitrogens with zero attached hydrogens (tertiary/aromatic N) is 2. The summed E-state index contributed by atoms with van der Waals surface area (Å²) in [5.41, 5.74) is 2.40. The van der Waals surface area contributed by atoms with Crippen molar-refractivity contribution in [1.29, 1.82) is 0 Å². The smallest absolute Gasteiger partial charge is 0.238 e. The molecule has 20 heavy (non-hydrogen) atoms. The van der Waals surface area contributed by atoms with Crippen molar-refractivity contribution in [2.24, 2.45) is 0 Å². The van der Waals surface area contributed by atoms with E-state index in [4.69, 9.17) is 0 Å². The van der Waals surface area contributed by atoms with Gasteiger partial charge in [0.2, 0.25) is 5.91 Å². The molecular formula is C13H12FN3OS2. The van der Waals surface area contributed by atoms with Crippen LogP contribution in [0.4, 0.5) is 4.39 Å². The molecular weight excluding hydrogens is 297 g/mol. The summed E-state index contributed by atoms with van der Waals surface area (Å²) in [7, 11) is 0. The third-order valence-electron chi connectivity index (χ3n) is 2.89. The van der Waals surface area contributed by atoms with Gasteiger partial charge in [0, 0.05) is 6.04 Å². The molecule has 0 spiro atoms. The van der Waals surface area contributed by atoms with E-state index in [1.807, 2.05) is 0 Å². The lowest BCUT2D eigenvalue weighted by Crippen LogP contribution is -2.29. The number of benzene rings is 1. The average molecular weight is 309 g/mol. The monoisotopic (exact) mass is 309 g/mol. The summed E-state index contributed by atoms with van der Waals surface area (Å²) in [4.78, 5) is 12.3. The van der Waals surface area contributed by atoms with Crippen LogP contribution in [0.3, 0.4) is 0 Å². The number of nitrogens with one attached hydrogen (secondary N) is 1. The van der Waals surface area contributed by atoms with Crippen LogP contribution in [0.2, 0.25) is 0 Å². The quantitative estimate of drug-likeness (QED) is 0.863. The average Bonchev–Trinajstić information content (AvgIpc) is 3.10. The minimum atomic E-state index is -0.427. The summed E-state index contributed by atoms with van der Waals surface area (Å²) in [6, 6.07) is 6.31. The molecule has 0 radical (unpaired) electrons. The summed E-state index contributed by atoms with van der Waals surface area (Å²) >= 11 is 2.73. The Morgan fingerprint density at radius 1 is 1.40 bits per heavy atom. The van der Waals surface area contributed by atoms with Crippen molar-refractivity contribution < 1.29 is 9.18 Å². The number of carbonyl (C=O) groups is 1. The lowest BCUT2D eigenvalue weighted by atomic mass is 10.1. The molecule has 1 N–H and O–H groups in total. The molecule has 0 saturated heterocycles. The van der Waals surface area contributed by atoms with Gasteiger partial charge < -0.3 is 5.32 Å². The van der Waals surface area contributed by atoms with Crippen molar-refractivity contribution in [3.8, 4) is 0 Å². The van der Waals surface area contributed by atoms with Crippen LogP contribution in [0.25, 0.3) is 0 Å². The topological polar surface area (TPSA) is 54.9 Å². The number of hydrogen-bond donors (Lipinski definition) is 1. The van der Waals surface area contributed by atoms with Gasteiger partial charge in [-0.25, -0.2) is 4.39 Å². The number of thioether (sulfide) groups is 1. The standard InChI is InChI=1S/C13H12FN3OS2/c14-9-3-1-8(2-4-9)11(12(18)16-10-5-6-10)20-13-17-15-7-19-13/h1-4,7,10-11H,5-6H2,(H,16,18)/t11-/m0/s1. The van der Waals surface area contributed by atoms with Crippen molar-refractivity contribution in [2.45, 2.75) is 28.5 Å². The van der Waals surface area contributed by atoms with Gasteiger partial charge >= 0.3 is 0 Å². The molecule has 1 amide bonds. The minimum absolute atomic E-state index is 0.0562. The zero-order valence-electron chi connectivity index (χ0n) is 10.5. The van der Waals surface area contributed by atoms with E-state index in [1.165, 1.54) is 35.2 Å². The Morgan fingerprint density at radius 3 is 2.75 bits per heavy atom. The first kappa shape index (κ1) is 13.5. The second-order valence-corrected chi connectivity index (χ2v) is 6.72. The second-order valence-electron chi connectivity index (χ2n) is 4.54. The zero-order valence-corrected chi connectivity index (χ0v) is 12.1. The van der Waals surface area contributed by atoms with Crippen LogP contribution in [0.1, 0.15) is 23.7 Å². The third kappa shape index (κ3) is 3.34. The van der Waals surface area contributed by atoms with E-state index in [0.29, 0.717) is 6.04 Å². The third-order valence-corrected chi connectivity index (χ3v) is 4.96. The Kier molecular flexibility index (Phi) is 3.98. The molecule has 1 aromatic heterocycles. The van der Waals surface area contributed by atoms with Gasteiger partial charge in [0.05, 0.1) is 0 Å². The van der Waals surface area contributed by atoms with Gasteiger partial charge in [-0.05, 0) is 30.5 Å². The molecule has 1 aromatic carbocycles. The Hall–Kier alpha value is -1.47. The second kappa shape index (κ2) is 5.88. The summed E-state index contributed by atoms with van der Waals surface area (Å²) in [6.45, 7) is 0. The molecule has 1 fully saturated rings. The first-order valence-corrected chi connectivity index (χ1v) is 7.97. The highest BCUT2D eigenvalue weighted by Gasteiger charge is 2.29. The number of amides is 1. The van der Waals surface area contributed by atoms with E-state index in [1.54, 1.807) is 17.6 Å². The lowest BCUT2D eigenvalue weighted by molar-refractivity contribution is -0.120. The molecule has 0 unspecified atom stereocenters. The molecule has 0 aliphatic heterocycles. The molecule has 1 heterocycles. The van der Waals surface area contributed by atoms with Gasteiger partial charge in [0.1, 0.15) is 16.6 Å². The summed E-state index contributed by atoms with van der Waals surface area (Å²) in [5.74, 6) is -0.365. The van der Waals surface area contributed by atoms with E-state index < -0.39 is 5.25 Å². The fraction of sp³-hybridized carbons (Fsp3) is 0.308. The largest absolute Gasteiger partial charge is 0.352 e. The van der Waals surface area contributed by atoms with E-state index in [2.05, 4.69) is 15.5 Å². The Morgan fingerprint density at radius 2 is 2.15 bits per heavy atom. The molecule has 3 rings (SSSR count). The van der Waals surface area contributed by atoms with E-state index in [0.717, 1.165) is 22.7 Å². The van der Waals surface area contributed by atoms with Crippen LogP contribution in [0.15, 0.2) is 34.1 Å². The fourth-order valence-corrected chi connectivity index (χ4v) is 3.41. The van der Waals surface area contributed by atoms with Crippen LogP contribution in [0, 0.1) is 5.82 Å². The molecule has 7 heteroatoms. The Labute approximate surface area is 123 Å². The highest BCUT2D eigenvalue weighted by molar-refractivity contribution is 8.01. The Balaban J connectivity index is 1.81. The van der Waals surface area contributed by atoms with Crippen LogP contribution in [0.5, 0.6) is 0 Å². The van der Waals surface area contributed by atoms with Gasteiger partial charge in [-0.1, -0.05) is 35.2 Å². The van der Waals surface area contributed by atoms with Gasteiger partial charge in [0.25, 0.3) is 0 Å². The van der Waals surface area contributed by atoms with Crippen molar-refractivity contribution in [1.82, 2.24) is 15.5 Å². The Bertz CT molecular complexity index is 584. The van der Waals surface area contributed by atoms with Crippen molar-refractivity contribution >= 4 is 29.0 Å². The molecule has 4 nitrogen and oxygen atoms in total. The predicted octanol–water partition coefficient (Wildman–Crippen LogP) is 2.79. The van der Waals surface area contributed by atoms with Gasteiger partial charge in [-0.3, -0.25) is 4.79 Å². The normalized spacial score (nSPS) is 15.8. The van der Waals surface area contributed by atoms with E-state index >= 15 is 0 Å². The number of carbonyl (C=O) groups excluding carboxylic acids is 1. The molecule has 1 aliphatic rings. The highest BCUT2D eigenvalue weighted by Crippen LogP contribution is 2.36. The van der Waals surface area contributed by atoms with E-state index in [-0.39, 0.29) is 11.7 Å². The van der Waals surface area contributed by atoms with Crippen LogP contribution >= 0.6 is 23.1 Å².